The van der Waals surface area contributed by atoms with Crippen molar-refractivity contribution >= 4 is 22.4 Å². The van der Waals surface area contributed by atoms with Crippen molar-refractivity contribution in [2.24, 2.45) is 11.3 Å². The van der Waals surface area contributed by atoms with Gasteiger partial charge >= 0.3 is 0 Å². The summed E-state index contributed by atoms with van der Waals surface area (Å²) < 4.78 is 5.55. The van der Waals surface area contributed by atoms with Crippen molar-refractivity contribution in [2.45, 2.75) is 47.0 Å². The number of hydrogen-bond donors (Lipinski definition) is 1. The number of anilines is 1. The van der Waals surface area contributed by atoms with Gasteiger partial charge in [0.2, 0.25) is 0 Å². The number of benzene rings is 1. The lowest BCUT2D eigenvalue weighted by atomic mass is 9.73. The van der Waals surface area contributed by atoms with Crippen LogP contribution in [0.3, 0.4) is 0 Å². The van der Waals surface area contributed by atoms with E-state index in [0.717, 1.165) is 18.5 Å². The number of hydrogen-bond acceptors (Lipinski definition) is 4. The number of nitrogens with zero attached hydrogens (tertiary/aromatic N) is 1. The molecule has 0 saturated heterocycles. The van der Waals surface area contributed by atoms with Gasteiger partial charge in [0.15, 0.2) is 5.13 Å². The van der Waals surface area contributed by atoms with E-state index in [9.17, 15) is 4.79 Å². The zero-order valence-electron chi connectivity index (χ0n) is 15.4. The van der Waals surface area contributed by atoms with Gasteiger partial charge in [-0.25, -0.2) is 4.98 Å². The zero-order valence-corrected chi connectivity index (χ0v) is 16.2. The topological polar surface area (TPSA) is 51.2 Å². The first-order chi connectivity index (χ1) is 11.9. The molecular weight excluding hydrogens is 332 g/mol. The van der Waals surface area contributed by atoms with Gasteiger partial charge in [0.1, 0.15) is 5.75 Å². The molecule has 0 radical (unpaired) electrons. The van der Waals surface area contributed by atoms with E-state index >= 15 is 0 Å². The first-order valence-corrected chi connectivity index (χ1v) is 9.72. The smallest absolute Gasteiger partial charge is 0.261 e. The lowest BCUT2D eigenvalue weighted by Crippen LogP contribution is -2.26. The minimum Gasteiger partial charge on any atom is -0.493 e. The molecule has 0 unspecified atom stereocenters. The Kier molecular flexibility index (Phi) is 5.13. The second kappa shape index (κ2) is 7.16. The lowest BCUT2D eigenvalue weighted by molar-refractivity contribution is 0.102. The fraction of sp³-hybridized carbons (Fsp3) is 0.500. The summed E-state index contributed by atoms with van der Waals surface area (Å²) in [6.07, 6.45) is 3.22. The molecule has 5 heteroatoms. The van der Waals surface area contributed by atoms with Crippen LogP contribution >= 0.6 is 11.3 Å². The van der Waals surface area contributed by atoms with Crippen molar-refractivity contribution in [3.8, 4) is 5.75 Å². The minimum absolute atomic E-state index is 0.164. The Morgan fingerprint density at radius 2 is 2.12 bits per heavy atom. The quantitative estimate of drug-likeness (QED) is 0.842. The molecule has 1 aliphatic rings. The summed E-state index contributed by atoms with van der Waals surface area (Å²) in [5, 5.41) is 3.65. The Labute approximate surface area is 153 Å². The number of rotatable bonds is 4. The monoisotopic (exact) mass is 358 g/mol. The molecule has 4 nitrogen and oxygen atoms in total. The number of aromatic nitrogens is 1. The number of nitrogens with one attached hydrogen (secondary N) is 1. The van der Waals surface area contributed by atoms with Crippen LogP contribution < -0.4 is 10.1 Å². The first kappa shape index (κ1) is 17.9. The molecule has 1 heterocycles. The third-order valence-electron chi connectivity index (χ3n) is 4.82. The van der Waals surface area contributed by atoms with Crippen molar-refractivity contribution in [3.63, 3.8) is 0 Å². The van der Waals surface area contributed by atoms with Gasteiger partial charge < -0.3 is 4.74 Å². The van der Waals surface area contributed by atoms with E-state index < -0.39 is 0 Å². The van der Waals surface area contributed by atoms with Crippen LogP contribution in [0, 0.1) is 11.3 Å². The summed E-state index contributed by atoms with van der Waals surface area (Å²) in [5.41, 5.74) is 2.01. The van der Waals surface area contributed by atoms with Crippen LogP contribution in [0.4, 0.5) is 5.13 Å². The van der Waals surface area contributed by atoms with Crippen LogP contribution in [0.1, 0.15) is 55.0 Å². The van der Waals surface area contributed by atoms with E-state index in [2.05, 4.69) is 31.1 Å². The molecule has 25 heavy (non-hydrogen) atoms. The molecule has 0 fully saturated rings. The molecule has 0 spiro atoms. The highest BCUT2D eigenvalue weighted by Gasteiger charge is 2.31. The van der Waals surface area contributed by atoms with Gasteiger partial charge in [-0.2, -0.15) is 0 Å². The fourth-order valence-corrected chi connectivity index (χ4v) is 4.35. The van der Waals surface area contributed by atoms with Gasteiger partial charge in [0.05, 0.1) is 17.9 Å². The highest BCUT2D eigenvalue weighted by molar-refractivity contribution is 7.15. The van der Waals surface area contributed by atoms with Crippen LogP contribution in [0.5, 0.6) is 5.75 Å². The Morgan fingerprint density at radius 3 is 2.84 bits per heavy atom. The first-order valence-electron chi connectivity index (χ1n) is 8.90. The van der Waals surface area contributed by atoms with Gasteiger partial charge in [-0.3, -0.25) is 10.1 Å². The lowest BCUT2D eigenvalue weighted by Gasteiger charge is -2.33. The fourth-order valence-electron chi connectivity index (χ4n) is 3.27. The maximum atomic E-state index is 12.6. The highest BCUT2D eigenvalue weighted by Crippen LogP contribution is 2.40. The number of para-hydroxylation sites is 1. The van der Waals surface area contributed by atoms with Gasteiger partial charge in [-0.15, -0.1) is 11.3 Å². The predicted molar refractivity (Wildman–Crippen MR) is 103 cm³/mol. The van der Waals surface area contributed by atoms with Crippen molar-refractivity contribution < 1.29 is 9.53 Å². The molecule has 1 aromatic heterocycles. The third kappa shape index (κ3) is 4.03. The molecular formula is C20H26N2O2S. The van der Waals surface area contributed by atoms with E-state index in [1.165, 1.54) is 11.3 Å². The minimum atomic E-state index is -0.164. The number of thiazole rings is 1. The summed E-state index contributed by atoms with van der Waals surface area (Å²) in [6, 6.07) is 7.32. The molecule has 1 aromatic carbocycles. The standard InChI is InChI=1S/C20H26N2O2S/c1-5-24-16-9-7-6-8-14(16)18(23)22-19-21-15-11-10-13(20(2,3)4)12-17(15)25-19/h6-9,13H,5,10-12H2,1-4H3,(H,21,22,23)/t13-/m1/s1. The molecule has 134 valence electrons. The van der Waals surface area contributed by atoms with E-state index in [1.807, 2.05) is 25.1 Å². The molecule has 3 rings (SSSR count). The number of fused-ring (bicyclic) bond motifs is 1. The van der Waals surface area contributed by atoms with Crippen molar-refractivity contribution in [1.82, 2.24) is 4.98 Å². The predicted octanol–water partition coefficient (Wildman–Crippen LogP) is 4.95. The summed E-state index contributed by atoms with van der Waals surface area (Å²) in [7, 11) is 0. The Balaban J connectivity index is 1.75. The third-order valence-corrected chi connectivity index (χ3v) is 5.85. The molecule has 0 bridgehead atoms. The Hall–Kier alpha value is -1.88. The van der Waals surface area contributed by atoms with Crippen molar-refractivity contribution in [1.29, 1.82) is 0 Å². The number of aryl methyl sites for hydroxylation is 1. The molecule has 1 N–H and O–H groups in total. The average molecular weight is 359 g/mol. The molecule has 0 aliphatic heterocycles. The van der Waals surface area contributed by atoms with E-state index in [-0.39, 0.29) is 5.91 Å². The van der Waals surface area contributed by atoms with Crippen molar-refractivity contribution in [2.75, 3.05) is 11.9 Å². The van der Waals surface area contributed by atoms with Crippen LogP contribution in [0.15, 0.2) is 24.3 Å². The number of carbonyl (C=O) groups excluding carboxylic acids is 1. The molecule has 2 aromatic rings. The summed E-state index contributed by atoms with van der Waals surface area (Å²) in [6.45, 7) is 9.35. The van der Waals surface area contributed by atoms with Gasteiger partial charge in [-0.05, 0) is 49.7 Å². The normalized spacial score (nSPS) is 17.0. The summed E-state index contributed by atoms with van der Waals surface area (Å²) >= 11 is 1.61. The highest BCUT2D eigenvalue weighted by atomic mass is 32.1. The molecule has 1 aliphatic carbocycles. The van der Waals surface area contributed by atoms with Crippen LogP contribution in [-0.2, 0) is 12.8 Å². The Morgan fingerprint density at radius 1 is 1.36 bits per heavy atom. The SMILES string of the molecule is CCOc1ccccc1C(=O)Nc1nc2c(s1)C[C@H](C(C)(C)C)CC2. The Bertz CT molecular complexity index is 761. The molecule has 0 saturated carbocycles. The van der Waals surface area contributed by atoms with E-state index in [4.69, 9.17) is 4.74 Å². The van der Waals surface area contributed by atoms with Crippen molar-refractivity contribution in [3.05, 3.63) is 40.4 Å². The zero-order chi connectivity index (χ0) is 18.0. The van der Waals surface area contributed by atoms with Gasteiger partial charge in [-0.1, -0.05) is 32.9 Å². The number of ether oxygens (including phenoxy) is 1. The van der Waals surface area contributed by atoms with Crippen LogP contribution in [0.25, 0.3) is 0 Å². The van der Waals surface area contributed by atoms with E-state index in [1.54, 1.807) is 17.4 Å². The maximum Gasteiger partial charge on any atom is 0.261 e. The second-order valence-corrected chi connectivity index (χ2v) is 8.66. The van der Waals surface area contributed by atoms with Crippen LogP contribution in [-0.4, -0.2) is 17.5 Å². The average Bonchev–Trinajstić information content (AvgIpc) is 2.96. The largest absolute Gasteiger partial charge is 0.493 e. The summed E-state index contributed by atoms with van der Waals surface area (Å²) in [4.78, 5) is 18.6. The maximum absolute atomic E-state index is 12.6. The summed E-state index contributed by atoms with van der Waals surface area (Å²) in [5.74, 6) is 1.11. The number of amides is 1. The molecule has 1 amide bonds. The number of carbonyl (C=O) groups is 1. The second-order valence-electron chi connectivity index (χ2n) is 7.58. The van der Waals surface area contributed by atoms with Crippen LogP contribution in [0.2, 0.25) is 0 Å². The van der Waals surface area contributed by atoms with Gasteiger partial charge in [0, 0.05) is 4.88 Å². The van der Waals surface area contributed by atoms with Gasteiger partial charge in [0.25, 0.3) is 5.91 Å². The molecule has 1 atom stereocenters. The van der Waals surface area contributed by atoms with E-state index in [0.29, 0.717) is 34.4 Å².